The molecule has 0 bridgehead atoms. The van der Waals surface area contributed by atoms with Crippen molar-refractivity contribution < 1.29 is 27.4 Å². The summed E-state index contributed by atoms with van der Waals surface area (Å²) in [4.78, 5) is 14.1. The summed E-state index contributed by atoms with van der Waals surface area (Å²) in [6, 6.07) is 99.3. The molecule has 12 rings (SSSR count). The molecule has 12 aromatic carbocycles. The molecule has 0 saturated heterocycles. The maximum Gasteiger partial charge on any atom is 0.166 e. The van der Waals surface area contributed by atoms with Crippen molar-refractivity contribution in [2.75, 3.05) is 21.3 Å². The van der Waals surface area contributed by atoms with Crippen LogP contribution in [-0.4, -0.2) is 21.3 Å². The second-order valence-electron chi connectivity index (χ2n) is 18.9. The number of methoxy groups -OCH3 is 3. The maximum absolute atomic E-state index is 13.2. The maximum atomic E-state index is 13.2. The molecule has 12 aromatic rings. The van der Waals surface area contributed by atoms with Gasteiger partial charge in [-0.25, -0.2) is 13.2 Å². The fraction of sp³-hybridized carbons (Fsp3) is 0.0400. The first-order valence-corrected chi connectivity index (χ1v) is 33.6. The van der Waals surface area contributed by atoms with Gasteiger partial charge in [-0.2, -0.15) is 0 Å². The second-order valence-corrected chi connectivity index (χ2v) is 28.3. The summed E-state index contributed by atoms with van der Waals surface area (Å²) in [5.41, 5.74) is 0. The molecule has 13 heteroatoms. The first-order chi connectivity index (χ1) is 43.0. The number of rotatable bonds is 15. The zero-order valence-corrected chi connectivity index (χ0v) is 53.6. The molecular formula is C75H60Cl3F3O3S4+4. The van der Waals surface area contributed by atoms with E-state index in [9.17, 15) is 13.2 Å². The van der Waals surface area contributed by atoms with Crippen LogP contribution < -0.4 is 14.2 Å². The van der Waals surface area contributed by atoms with Crippen LogP contribution in [0.5, 0.6) is 17.2 Å². The van der Waals surface area contributed by atoms with Crippen LogP contribution in [0, 0.1) is 17.5 Å². The summed E-state index contributed by atoms with van der Waals surface area (Å²) >= 11 is 18.1. The molecule has 0 amide bonds. The van der Waals surface area contributed by atoms with E-state index in [2.05, 4.69) is 164 Å². The van der Waals surface area contributed by atoms with Crippen LogP contribution in [0.25, 0.3) is 0 Å². The molecule has 0 aliphatic rings. The standard InChI is InChI=1S/C21H21O3S.C18H12Cl3S.C18H12F3S.C18H15S/c1-22-16-4-10-19(11-5-16)25(20-12-6-17(23-2)7-13-20)21-14-8-18(24-3)9-15-21;2*19-13-1-7-16(8-2-13)22(17-9-3-14(20)4-10-17)18-11-5-15(21)6-12-18;1-4-10-16(11-5-1)19(17-12-6-2-7-13-17)18-14-8-3-9-15-18/h4-15H,1-3H3;2*1-12H;1-15H/q4*+1. The van der Waals surface area contributed by atoms with Crippen LogP contribution >= 0.6 is 34.8 Å². The van der Waals surface area contributed by atoms with E-state index >= 15 is 0 Å². The van der Waals surface area contributed by atoms with Gasteiger partial charge in [-0.05, 0) is 255 Å². The molecule has 0 fully saturated rings. The summed E-state index contributed by atoms with van der Waals surface area (Å²) in [5.74, 6) is 1.63. The van der Waals surface area contributed by atoms with E-state index in [0.717, 1.165) is 47.0 Å². The summed E-state index contributed by atoms with van der Waals surface area (Å²) < 4.78 is 55.4. The monoisotopic (exact) mass is 1300 g/mol. The van der Waals surface area contributed by atoms with Crippen LogP contribution in [0.15, 0.2) is 368 Å². The molecule has 3 nitrogen and oxygen atoms in total. The van der Waals surface area contributed by atoms with Gasteiger partial charge in [-0.3, -0.25) is 0 Å². The summed E-state index contributed by atoms with van der Waals surface area (Å²) in [6.45, 7) is 0. The normalized spacial score (nSPS) is 10.7. The Morgan fingerprint density at radius 3 is 0.523 bits per heavy atom. The fourth-order valence-corrected chi connectivity index (χ4v) is 17.5. The zero-order chi connectivity index (χ0) is 61.6. The highest BCUT2D eigenvalue weighted by Gasteiger charge is 2.32. The highest BCUT2D eigenvalue weighted by atomic mass is 35.5. The van der Waals surface area contributed by atoms with E-state index in [4.69, 9.17) is 49.0 Å². The number of ether oxygens (including phenoxy) is 3. The lowest BCUT2D eigenvalue weighted by Gasteiger charge is -2.10. The van der Waals surface area contributed by atoms with Gasteiger partial charge in [0.2, 0.25) is 0 Å². The molecule has 0 aliphatic carbocycles. The van der Waals surface area contributed by atoms with Gasteiger partial charge in [-0.15, -0.1) is 0 Å². The van der Waals surface area contributed by atoms with Crippen molar-refractivity contribution in [2.45, 2.75) is 58.7 Å². The molecule has 88 heavy (non-hydrogen) atoms. The largest absolute Gasteiger partial charge is 0.497 e. The van der Waals surface area contributed by atoms with Gasteiger partial charge in [0, 0.05) is 15.1 Å². The van der Waals surface area contributed by atoms with Crippen molar-refractivity contribution in [1.82, 2.24) is 0 Å². The number of benzene rings is 12. The van der Waals surface area contributed by atoms with Gasteiger partial charge in [0.25, 0.3) is 0 Å². The molecular weight excluding hydrogens is 1240 g/mol. The lowest BCUT2D eigenvalue weighted by atomic mass is 10.3. The summed E-state index contributed by atoms with van der Waals surface area (Å²) in [6.07, 6.45) is 0. The van der Waals surface area contributed by atoms with Gasteiger partial charge in [0.15, 0.2) is 58.7 Å². The number of halogens is 6. The Morgan fingerprint density at radius 1 is 0.205 bits per heavy atom. The van der Waals surface area contributed by atoms with Crippen molar-refractivity contribution in [1.29, 1.82) is 0 Å². The Bertz CT molecular complexity index is 3440. The Balaban J connectivity index is 0.000000140. The predicted molar refractivity (Wildman–Crippen MR) is 361 cm³/mol. The molecule has 440 valence electrons. The second kappa shape index (κ2) is 32.9. The van der Waals surface area contributed by atoms with Gasteiger partial charge >= 0.3 is 0 Å². The number of hydrogen-bond donors (Lipinski definition) is 0. The van der Waals surface area contributed by atoms with E-state index in [1.165, 1.54) is 80.5 Å². The lowest BCUT2D eigenvalue weighted by Crippen LogP contribution is -2.05. The SMILES string of the molecule is COc1ccc([S+](c2ccc(OC)cc2)c2ccc(OC)cc2)cc1.Clc1ccc([S+](c2ccc(Cl)cc2)c2ccc(Cl)cc2)cc1.Fc1ccc([S+](c2ccc(F)cc2)c2ccc(F)cc2)cc1.c1ccc([S+](c2ccccc2)c2ccccc2)cc1. The molecule has 0 unspecified atom stereocenters. The highest BCUT2D eigenvalue weighted by Crippen LogP contribution is 2.37. The van der Waals surface area contributed by atoms with Crippen LogP contribution in [0.3, 0.4) is 0 Å². The van der Waals surface area contributed by atoms with Crippen LogP contribution in [0.4, 0.5) is 13.2 Å². The molecule has 0 N–H and O–H groups in total. The summed E-state index contributed by atoms with van der Waals surface area (Å²) in [5, 5.41) is 2.21. The average molecular weight is 1300 g/mol. The van der Waals surface area contributed by atoms with Crippen molar-refractivity contribution in [3.05, 3.63) is 342 Å². The minimum Gasteiger partial charge on any atom is -0.497 e. The van der Waals surface area contributed by atoms with E-state index < -0.39 is 10.9 Å². The molecule has 0 radical (unpaired) electrons. The minimum atomic E-state index is -0.539. The average Bonchev–Trinajstić information content (AvgIpc) is 3.05. The lowest BCUT2D eigenvalue weighted by molar-refractivity contribution is 0.414. The predicted octanol–water partition coefficient (Wildman–Crippen LogP) is 21.5. The van der Waals surface area contributed by atoms with E-state index in [1.807, 2.05) is 72.8 Å². The van der Waals surface area contributed by atoms with Crippen molar-refractivity contribution in [2.24, 2.45) is 0 Å². The Kier molecular flexibility index (Phi) is 24.1. The third-order valence-electron chi connectivity index (χ3n) is 13.1. The smallest absolute Gasteiger partial charge is 0.166 e. The minimum absolute atomic E-state index is 0.0146. The zero-order valence-electron chi connectivity index (χ0n) is 48.1. The van der Waals surface area contributed by atoms with E-state index in [1.54, 1.807) is 57.7 Å². The van der Waals surface area contributed by atoms with Gasteiger partial charge in [0.05, 0.1) is 64.9 Å². The molecule has 0 heterocycles. The van der Waals surface area contributed by atoms with Crippen molar-refractivity contribution in [3.63, 3.8) is 0 Å². The molecule has 0 spiro atoms. The van der Waals surface area contributed by atoms with E-state index in [-0.39, 0.29) is 50.1 Å². The van der Waals surface area contributed by atoms with Gasteiger partial charge in [-0.1, -0.05) is 89.4 Å². The Hall–Kier alpha value is -7.90. The van der Waals surface area contributed by atoms with Crippen molar-refractivity contribution in [3.8, 4) is 17.2 Å². The fourth-order valence-electron chi connectivity index (χ4n) is 8.86. The molecule has 0 saturated carbocycles. The summed E-state index contributed by atoms with van der Waals surface area (Å²) in [7, 11) is 4.07. The van der Waals surface area contributed by atoms with Gasteiger partial charge < -0.3 is 14.2 Å². The van der Waals surface area contributed by atoms with Crippen LogP contribution in [0.2, 0.25) is 15.1 Å². The third kappa shape index (κ3) is 18.1. The Morgan fingerprint density at radius 2 is 0.352 bits per heavy atom. The van der Waals surface area contributed by atoms with Crippen LogP contribution in [0.1, 0.15) is 0 Å². The van der Waals surface area contributed by atoms with Gasteiger partial charge in [0.1, 0.15) is 34.7 Å². The first kappa shape index (κ1) is 64.6. The number of hydrogen-bond acceptors (Lipinski definition) is 3. The quantitative estimate of drug-likeness (QED) is 0.0958. The molecule has 0 aliphatic heterocycles. The topological polar surface area (TPSA) is 27.7 Å². The third-order valence-corrected chi connectivity index (χ3v) is 22.8. The highest BCUT2D eigenvalue weighted by molar-refractivity contribution is 7.98. The Labute approximate surface area is 540 Å². The van der Waals surface area contributed by atoms with E-state index in [0.29, 0.717) is 0 Å². The van der Waals surface area contributed by atoms with Crippen molar-refractivity contribution >= 4 is 78.4 Å². The van der Waals surface area contributed by atoms with Crippen LogP contribution in [-0.2, 0) is 43.6 Å². The molecule has 0 aromatic heterocycles. The first-order valence-electron chi connectivity index (χ1n) is 27.5. The molecule has 0 atom stereocenters.